The zero-order valence-corrected chi connectivity index (χ0v) is 23.7. The molecule has 0 spiro atoms. The molecule has 1 saturated carbocycles. The Kier molecular flexibility index (Phi) is 6.70. The third-order valence-corrected chi connectivity index (χ3v) is 9.25. The first-order valence-electron chi connectivity index (χ1n) is 14.5. The number of aromatic amines is 1. The maximum absolute atomic E-state index is 13.2. The molecule has 1 amide bonds. The number of H-pyrrole nitrogens is 1. The van der Waals surface area contributed by atoms with E-state index < -0.39 is 12.8 Å². The van der Waals surface area contributed by atoms with Gasteiger partial charge in [-0.15, -0.1) is 11.8 Å². The molecule has 1 saturated heterocycles. The van der Waals surface area contributed by atoms with Crippen LogP contribution in [0.25, 0.3) is 0 Å². The predicted octanol–water partition coefficient (Wildman–Crippen LogP) is 4.67. The third kappa shape index (κ3) is 5.06. The van der Waals surface area contributed by atoms with Crippen molar-refractivity contribution in [1.82, 2.24) is 15.2 Å². The number of thioether (sulfide) groups is 1. The molecule has 8 nitrogen and oxygen atoms in total. The van der Waals surface area contributed by atoms with Gasteiger partial charge in [0.1, 0.15) is 0 Å². The van der Waals surface area contributed by atoms with E-state index in [4.69, 9.17) is 29.9 Å². The van der Waals surface area contributed by atoms with Crippen LogP contribution < -0.4 is 20.3 Å². The molecule has 1 aromatic carbocycles. The minimum Gasteiger partial charge on any atom is -0.448 e. The molecule has 1 aromatic heterocycles. The van der Waals surface area contributed by atoms with Gasteiger partial charge in [-0.1, -0.05) is 11.6 Å². The van der Waals surface area contributed by atoms with Crippen molar-refractivity contribution in [3.63, 3.8) is 0 Å². The van der Waals surface area contributed by atoms with E-state index in [1.807, 2.05) is 33.1 Å². The van der Waals surface area contributed by atoms with Crippen LogP contribution in [0.5, 0.6) is 11.5 Å². The SMILES string of the molecule is [2H]C([2H])([2H])OC1CN(C2CCC(C3(C)Oc4c(Cl)cc(C(=O)NCc5c(SC)cc(C)[nH]c5=O)c(C)c4O3)CC2)C1. The molecule has 1 aliphatic carbocycles. The van der Waals surface area contributed by atoms with Crippen LogP contribution in [0.4, 0.5) is 0 Å². The van der Waals surface area contributed by atoms with Crippen molar-refractivity contribution in [3.8, 4) is 11.5 Å². The molecule has 2 aromatic rings. The number of likely N-dealkylation sites (tertiary alicyclic amines) is 1. The molecule has 1 unspecified atom stereocenters. The van der Waals surface area contributed by atoms with Gasteiger partial charge < -0.3 is 24.5 Å². The molecule has 10 heteroatoms. The number of hydrogen-bond donors (Lipinski definition) is 2. The minimum absolute atomic E-state index is 0.0805. The van der Waals surface area contributed by atoms with Gasteiger partial charge in [0, 0.05) is 72.8 Å². The molecular formula is C28H36ClN3O5S. The van der Waals surface area contributed by atoms with Crippen LogP contribution >= 0.6 is 23.4 Å². The molecule has 206 valence electrons. The summed E-state index contributed by atoms with van der Waals surface area (Å²) in [7, 11) is -2.35. The Labute approximate surface area is 237 Å². The van der Waals surface area contributed by atoms with Gasteiger partial charge in [-0.25, -0.2) is 0 Å². The number of hydrogen-bond acceptors (Lipinski definition) is 7. The fraction of sp³-hybridized carbons (Fsp3) is 0.571. The van der Waals surface area contributed by atoms with Crippen LogP contribution in [0.1, 0.15) is 63.9 Å². The monoisotopic (exact) mass is 564 g/mol. The Balaban J connectivity index is 1.22. The number of benzene rings is 1. The highest BCUT2D eigenvalue weighted by Gasteiger charge is 2.48. The molecule has 2 N–H and O–H groups in total. The van der Waals surface area contributed by atoms with Gasteiger partial charge in [0.25, 0.3) is 17.3 Å². The smallest absolute Gasteiger partial charge is 0.254 e. The molecule has 1 atom stereocenters. The molecule has 0 radical (unpaired) electrons. The van der Waals surface area contributed by atoms with Crippen molar-refractivity contribution >= 4 is 29.3 Å². The number of pyridine rings is 1. The number of carbonyl (C=O) groups is 1. The predicted molar refractivity (Wildman–Crippen MR) is 149 cm³/mol. The fourth-order valence-corrected chi connectivity index (χ4v) is 6.79. The summed E-state index contributed by atoms with van der Waals surface area (Å²) in [5.41, 5.74) is 2.04. The summed E-state index contributed by atoms with van der Waals surface area (Å²) in [5, 5.41) is 3.16. The summed E-state index contributed by atoms with van der Waals surface area (Å²) in [6.45, 7) is 6.91. The van der Waals surface area contributed by atoms with E-state index in [1.54, 1.807) is 6.07 Å². The average molecular weight is 565 g/mol. The van der Waals surface area contributed by atoms with Gasteiger partial charge in [-0.2, -0.15) is 0 Å². The van der Waals surface area contributed by atoms with Crippen LogP contribution in [-0.4, -0.2) is 60.1 Å². The van der Waals surface area contributed by atoms with E-state index in [0.717, 1.165) is 36.3 Å². The van der Waals surface area contributed by atoms with Crippen molar-refractivity contribution < 1.29 is 23.1 Å². The molecule has 2 fully saturated rings. The summed E-state index contributed by atoms with van der Waals surface area (Å²) in [6.07, 6.45) is 5.30. The minimum atomic E-state index is -2.35. The van der Waals surface area contributed by atoms with E-state index in [1.165, 1.54) is 11.8 Å². The van der Waals surface area contributed by atoms with Crippen LogP contribution in [0, 0.1) is 19.8 Å². The zero-order chi connectivity index (χ0) is 29.7. The van der Waals surface area contributed by atoms with Crippen LogP contribution in [0.3, 0.4) is 0 Å². The summed E-state index contributed by atoms with van der Waals surface area (Å²) in [6, 6.07) is 3.86. The van der Waals surface area contributed by atoms with Crippen LogP contribution in [0.2, 0.25) is 5.02 Å². The number of nitrogens with one attached hydrogen (secondary N) is 2. The van der Waals surface area contributed by atoms with Crippen molar-refractivity contribution in [2.75, 3.05) is 26.4 Å². The molecular weight excluding hydrogens is 526 g/mol. The second-order valence-corrected chi connectivity index (χ2v) is 11.9. The Morgan fingerprint density at radius 1 is 1.26 bits per heavy atom. The second-order valence-electron chi connectivity index (χ2n) is 10.6. The summed E-state index contributed by atoms with van der Waals surface area (Å²) < 4.78 is 39.7. The maximum atomic E-state index is 13.2. The molecule has 0 bridgehead atoms. The first kappa shape index (κ1) is 23.7. The van der Waals surface area contributed by atoms with Gasteiger partial charge in [-0.3, -0.25) is 14.5 Å². The number of aromatic nitrogens is 1. The van der Waals surface area contributed by atoms with Crippen molar-refractivity contribution in [2.24, 2.45) is 5.92 Å². The Bertz CT molecular complexity index is 1390. The lowest BCUT2D eigenvalue weighted by Crippen LogP contribution is -2.57. The maximum Gasteiger partial charge on any atom is 0.254 e. The standard InChI is InChI=1S/C28H36ClN3O5S/c1-15-10-23(38-5)21(27(34)31-15)12-30-26(33)20-11-22(29)25-24(16(20)2)36-28(3,37-25)17-6-8-18(9-7-17)32-13-19(14-32)35-4/h10-11,17-19H,6-9,12-14H2,1-5H3,(H,30,33)(H,31,34)/i4D3. The largest absolute Gasteiger partial charge is 0.448 e. The molecule has 38 heavy (non-hydrogen) atoms. The lowest BCUT2D eigenvalue weighted by Gasteiger charge is -2.47. The highest BCUT2D eigenvalue weighted by molar-refractivity contribution is 7.98. The molecule has 2 aliphatic heterocycles. The van der Waals surface area contributed by atoms with Crippen LogP contribution in [-0.2, 0) is 11.3 Å². The molecule has 3 heterocycles. The number of aryl methyl sites for hydroxylation is 1. The summed E-state index contributed by atoms with van der Waals surface area (Å²) >= 11 is 8.07. The zero-order valence-electron chi connectivity index (χ0n) is 25.1. The first-order chi connectivity index (χ1) is 19.3. The van der Waals surface area contributed by atoms with Gasteiger partial charge in [-0.05, 0) is 57.9 Å². The summed E-state index contributed by atoms with van der Waals surface area (Å²) in [4.78, 5) is 31.6. The number of amides is 1. The second kappa shape index (κ2) is 10.8. The Hall–Kier alpha value is -2.20. The van der Waals surface area contributed by atoms with Crippen molar-refractivity contribution in [3.05, 3.63) is 49.9 Å². The Morgan fingerprint density at radius 3 is 2.66 bits per heavy atom. The lowest BCUT2D eigenvalue weighted by atomic mass is 9.80. The molecule has 5 rings (SSSR count). The van der Waals surface area contributed by atoms with E-state index in [2.05, 4.69) is 15.2 Å². The van der Waals surface area contributed by atoms with Gasteiger partial charge >= 0.3 is 0 Å². The Morgan fingerprint density at radius 2 is 1.97 bits per heavy atom. The fourth-order valence-electron chi connectivity index (χ4n) is 5.86. The van der Waals surface area contributed by atoms with E-state index in [0.29, 0.717) is 52.3 Å². The van der Waals surface area contributed by atoms with E-state index in [9.17, 15) is 9.59 Å². The lowest BCUT2D eigenvalue weighted by molar-refractivity contribution is -0.130. The van der Waals surface area contributed by atoms with Gasteiger partial charge in [0.15, 0.2) is 11.5 Å². The number of carbonyl (C=O) groups excluding carboxylic acids is 1. The summed E-state index contributed by atoms with van der Waals surface area (Å²) in [5.74, 6) is -0.240. The van der Waals surface area contributed by atoms with E-state index >= 15 is 0 Å². The number of nitrogens with zero attached hydrogens (tertiary/aromatic N) is 1. The van der Waals surface area contributed by atoms with Crippen LogP contribution in [0.15, 0.2) is 21.8 Å². The van der Waals surface area contributed by atoms with E-state index in [-0.39, 0.29) is 30.0 Å². The van der Waals surface area contributed by atoms with Gasteiger partial charge in [0.2, 0.25) is 0 Å². The number of ether oxygens (including phenoxy) is 3. The quantitative estimate of drug-likeness (QED) is 0.472. The van der Waals surface area contributed by atoms with Crippen molar-refractivity contribution in [2.45, 2.75) is 75.8 Å². The highest BCUT2D eigenvalue weighted by atomic mass is 35.5. The molecule has 3 aliphatic rings. The highest BCUT2D eigenvalue weighted by Crippen LogP contribution is 2.51. The third-order valence-electron chi connectivity index (χ3n) is 8.17. The number of methoxy groups -OCH3 is 1. The first-order valence-corrected chi connectivity index (χ1v) is 14.6. The van der Waals surface area contributed by atoms with Gasteiger partial charge in [0.05, 0.1) is 15.2 Å². The number of fused-ring (bicyclic) bond motifs is 1. The number of rotatable bonds is 7. The average Bonchev–Trinajstić information content (AvgIpc) is 3.26. The topological polar surface area (TPSA) is 92.9 Å². The van der Waals surface area contributed by atoms with Crippen molar-refractivity contribution in [1.29, 1.82) is 0 Å². The number of halogens is 1. The normalized spacial score (nSPS) is 26.8.